The third-order valence-corrected chi connectivity index (χ3v) is 8.52. The fraction of sp³-hybridized carbons (Fsp3) is 0.208. The molecular formula is C24H24FN3O4S2. The number of hydrazone groups is 1. The molecule has 3 aromatic rings. The fourth-order valence-corrected chi connectivity index (χ4v) is 5.74. The van der Waals surface area contributed by atoms with E-state index >= 15 is 0 Å². The van der Waals surface area contributed by atoms with Gasteiger partial charge in [0.05, 0.1) is 22.4 Å². The van der Waals surface area contributed by atoms with Crippen molar-refractivity contribution in [3.8, 4) is 0 Å². The summed E-state index contributed by atoms with van der Waals surface area (Å²) in [5.74, 6) is -0.558. The number of halogens is 1. The summed E-state index contributed by atoms with van der Waals surface area (Å²) >= 11 is 0. The number of anilines is 1. The summed E-state index contributed by atoms with van der Waals surface area (Å²) in [6.07, 6.45) is 0.193. The van der Waals surface area contributed by atoms with E-state index in [2.05, 4.69) is 9.82 Å². The molecule has 0 amide bonds. The number of rotatable bonds is 7. The van der Waals surface area contributed by atoms with Gasteiger partial charge in [-0.15, -0.1) is 0 Å². The molecule has 7 nitrogen and oxygen atoms in total. The third-order valence-electron chi connectivity index (χ3n) is 5.52. The largest absolute Gasteiger partial charge is 0.284 e. The molecule has 0 saturated heterocycles. The van der Waals surface area contributed by atoms with Crippen LogP contribution in [0.2, 0.25) is 0 Å². The highest BCUT2D eigenvalue weighted by Gasteiger charge is 2.38. The van der Waals surface area contributed by atoms with Crippen LogP contribution in [0.25, 0.3) is 0 Å². The van der Waals surface area contributed by atoms with Crippen LogP contribution in [-0.2, 0) is 20.0 Å². The fourth-order valence-electron chi connectivity index (χ4n) is 3.68. The second-order valence-electron chi connectivity index (χ2n) is 8.00. The smallest absolute Gasteiger partial charge is 0.279 e. The molecule has 0 saturated carbocycles. The van der Waals surface area contributed by atoms with Gasteiger partial charge in [0.2, 0.25) is 10.0 Å². The Morgan fingerprint density at radius 1 is 1.00 bits per heavy atom. The summed E-state index contributed by atoms with van der Waals surface area (Å²) in [6.45, 7) is 3.39. The summed E-state index contributed by atoms with van der Waals surface area (Å²) in [6, 6.07) is 18.1. The van der Waals surface area contributed by atoms with Gasteiger partial charge in [0.15, 0.2) is 0 Å². The van der Waals surface area contributed by atoms with E-state index in [1.807, 2.05) is 6.92 Å². The molecule has 10 heteroatoms. The van der Waals surface area contributed by atoms with E-state index in [-0.39, 0.29) is 17.1 Å². The van der Waals surface area contributed by atoms with Crippen LogP contribution in [0, 0.1) is 12.7 Å². The summed E-state index contributed by atoms with van der Waals surface area (Å²) in [7, 11) is -7.52. The minimum atomic E-state index is -4.04. The number of hydrogen-bond acceptors (Lipinski definition) is 5. The van der Waals surface area contributed by atoms with Crippen LogP contribution < -0.4 is 4.72 Å². The Hall–Kier alpha value is -3.24. The Balaban J connectivity index is 1.77. The van der Waals surface area contributed by atoms with Gasteiger partial charge in [-0.2, -0.15) is 17.9 Å². The molecule has 0 fully saturated rings. The molecule has 1 aliphatic rings. The minimum absolute atomic E-state index is 0.0777. The molecule has 0 unspecified atom stereocenters. The zero-order valence-electron chi connectivity index (χ0n) is 18.6. The monoisotopic (exact) mass is 501 g/mol. The molecule has 34 heavy (non-hydrogen) atoms. The number of nitrogens with one attached hydrogen (secondary N) is 1. The number of nitrogens with zero attached hydrogens (tertiary/aromatic N) is 2. The minimum Gasteiger partial charge on any atom is -0.284 e. The van der Waals surface area contributed by atoms with E-state index in [1.165, 1.54) is 37.3 Å². The highest BCUT2D eigenvalue weighted by Crippen LogP contribution is 2.37. The molecular weight excluding hydrogens is 477 g/mol. The van der Waals surface area contributed by atoms with Crippen LogP contribution in [0.1, 0.15) is 36.1 Å². The normalized spacial score (nSPS) is 16.4. The molecule has 0 bridgehead atoms. The maximum Gasteiger partial charge on any atom is 0.279 e. The zero-order chi connectivity index (χ0) is 24.5. The highest BCUT2D eigenvalue weighted by atomic mass is 32.2. The molecule has 1 N–H and O–H groups in total. The van der Waals surface area contributed by atoms with Crippen molar-refractivity contribution in [3.05, 3.63) is 95.3 Å². The average molecular weight is 502 g/mol. The van der Waals surface area contributed by atoms with Crippen molar-refractivity contribution in [2.24, 2.45) is 5.10 Å². The van der Waals surface area contributed by atoms with Crippen LogP contribution in [0.5, 0.6) is 0 Å². The summed E-state index contributed by atoms with van der Waals surface area (Å²) < 4.78 is 68.5. The first-order valence-corrected chi connectivity index (χ1v) is 13.7. The van der Waals surface area contributed by atoms with Crippen molar-refractivity contribution < 1.29 is 21.2 Å². The van der Waals surface area contributed by atoms with Crippen LogP contribution in [0.15, 0.2) is 82.8 Å². The van der Waals surface area contributed by atoms with Crippen molar-refractivity contribution in [2.75, 3.05) is 10.5 Å². The molecule has 3 aromatic carbocycles. The second-order valence-corrected chi connectivity index (χ2v) is 11.8. The van der Waals surface area contributed by atoms with Gasteiger partial charge in [-0.3, -0.25) is 4.72 Å². The van der Waals surface area contributed by atoms with Crippen molar-refractivity contribution in [1.82, 2.24) is 4.41 Å². The maximum absolute atomic E-state index is 14.0. The van der Waals surface area contributed by atoms with E-state index in [9.17, 15) is 21.2 Å². The van der Waals surface area contributed by atoms with E-state index in [4.69, 9.17) is 0 Å². The van der Waals surface area contributed by atoms with E-state index in [1.54, 1.807) is 42.5 Å². The number of hydrogen-bond donors (Lipinski definition) is 1. The van der Waals surface area contributed by atoms with Crippen LogP contribution in [-0.4, -0.2) is 32.7 Å². The van der Waals surface area contributed by atoms with Crippen LogP contribution in [0.3, 0.4) is 0 Å². The highest BCUT2D eigenvalue weighted by molar-refractivity contribution is 7.92. The van der Waals surface area contributed by atoms with Gasteiger partial charge in [0.25, 0.3) is 10.0 Å². The number of aryl methyl sites for hydroxylation is 1. The molecule has 0 aromatic heterocycles. The summed E-state index contributed by atoms with van der Waals surface area (Å²) in [5.41, 5.74) is 2.75. The van der Waals surface area contributed by atoms with Gasteiger partial charge in [-0.1, -0.05) is 42.0 Å². The van der Waals surface area contributed by atoms with Gasteiger partial charge in [-0.25, -0.2) is 12.8 Å². The zero-order valence-corrected chi connectivity index (χ0v) is 20.3. The van der Waals surface area contributed by atoms with Gasteiger partial charge < -0.3 is 0 Å². The topological polar surface area (TPSA) is 95.9 Å². The first kappa shape index (κ1) is 23.9. The van der Waals surface area contributed by atoms with E-state index in [0.29, 0.717) is 22.5 Å². The Morgan fingerprint density at radius 2 is 1.71 bits per heavy atom. The van der Waals surface area contributed by atoms with Crippen LogP contribution in [0.4, 0.5) is 10.1 Å². The molecule has 1 aliphatic heterocycles. The SMILES string of the molecule is CCS(=O)(=O)Nc1cccc(C2=NN(S(=O)(=O)c3ccc(C)cc3)[C@H](c3cccc(F)c3)C2)c1. The van der Waals surface area contributed by atoms with Gasteiger partial charge >= 0.3 is 0 Å². The van der Waals surface area contributed by atoms with Gasteiger partial charge in [0, 0.05) is 12.1 Å². The lowest BCUT2D eigenvalue weighted by Gasteiger charge is -2.23. The number of sulfonamides is 2. The Morgan fingerprint density at radius 3 is 2.38 bits per heavy atom. The van der Waals surface area contributed by atoms with Gasteiger partial charge in [0.1, 0.15) is 5.82 Å². The average Bonchev–Trinajstić information content (AvgIpc) is 3.26. The Kier molecular flexibility index (Phi) is 6.46. The van der Waals surface area contributed by atoms with Crippen molar-refractivity contribution in [1.29, 1.82) is 0 Å². The molecule has 0 aliphatic carbocycles. The third kappa shape index (κ3) is 4.97. The molecule has 1 atom stereocenters. The molecule has 1 heterocycles. The van der Waals surface area contributed by atoms with E-state index < -0.39 is 31.9 Å². The summed E-state index contributed by atoms with van der Waals surface area (Å²) in [5, 5.41) is 4.44. The Labute approximate surface area is 199 Å². The number of benzene rings is 3. The second kappa shape index (κ2) is 9.19. The first-order valence-electron chi connectivity index (χ1n) is 10.6. The lowest BCUT2D eigenvalue weighted by Crippen LogP contribution is -2.27. The Bertz CT molecular complexity index is 1450. The predicted octanol–water partition coefficient (Wildman–Crippen LogP) is 4.44. The van der Waals surface area contributed by atoms with E-state index in [0.717, 1.165) is 9.98 Å². The van der Waals surface area contributed by atoms with Crippen molar-refractivity contribution >= 4 is 31.4 Å². The van der Waals surface area contributed by atoms with Gasteiger partial charge in [-0.05, 0) is 61.4 Å². The van der Waals surface area contributed by atoms with Crippen molar-refractivity contribution in [3.63, 3.8) is 0 Å². The molecule has 0 spiro atoms. The maximum atomic E-state index is 14.0. The quantitative estimate of drug-likeness (QED) is 0.518. The molecule has 0 radical (unpaired) electrons. The standard InChI is InChI=1S/C24H24FN3O4S2/c1-3-33(29,30)27-21-9-5-6-18(15-21)23-16-24(19-7-4-8-20(25)14-19)28(26-23)34(31,32)22-12-10-17(2)11-13-22/h4-15,24,27H,3,16H2,1-2H3/t24-/m0/s1. The lowest BCUT2D eigenvalue weighted by atomic mass is 9.99. The van der Waals surface area contributed by atoms with Crippen LogP contribution >= 0.6 is 0 Å². The molecule has 178 valence electrons. The first-order chi connectivity index (χ1) is 16.1. The van der Waals surface area contributed by atoms with Crippen molar-refractivity contribution in [2.45, 2.75) is 31.2 Å². The predicted molar refractivity (Wildman–Crippen MR) is 130 cm³/mol. The summed E-state index contributed by atoms with van der Waals surface area (Å²) in [4.78, 5) is 0.0777. The lowest BCUT2D eigenvalue weighted by molar-refractivity contribution is 0.370. The molecule has 4 rings (SSSR count).